The molecule has 2 N–H and O–H groups in total. The highest BCUT2D eigenvalue weighted by atomic mass is 16.5. The molecule has 4 rings (SSSR count). The highest BCUT2D eigenvalue weighted by Gasteiger charge is 2.35. The summed E-state index contributed by atoms with van der Waals surface area (Å²) in [6, 6.07) is 15.8. The number of hydrogen-bond acceptors (Lipinski definition) is 4. The fraction of sp³-hybridized carbons (Fsp3) is 0.286. The normalized spacial score (nSPS) is 21.6. The Morgan fingerprint density at radius 2 is 1.96 bits per heavy atom. The van der Waals surface area contributed by atoms with Gasteiger partial charge < -0.3 is 20.1 Å². The van der Waals surface area contributed by atoms with E-state index in [1.807, 2.05) is 47.4 Å². The molecule has 1 saturated heterocycles. The molecule has 2 aliphatic rings. The number of benzene rings is 2. The molecule has 0 spiro atoms. The molecule has 26 heavy (non-hydrogen) atoms. The van der Waals surface area contributed by atoms with Gasteiger partial charge in [-0.2, -0.15) is 0 Å². The molecular weight excluding hydrogens is 328 g/mol. The van der Waals surface area contributed by atoms with Crippen LogP contribution in [0.2, 0.25) is 0 Å². The van der Waals surface area contributed by atoms with E-state index in [0.29, 0.717) is 30.2 Å². The Hall–Kier alpha value is -2.79. The van der Waals surface area contributed by atoms with E-state index >= 15 is 0 Å². The molecule has 2 aromatic carbocycles. The van der Waals surface area contributed by atoms with Crippen LogP contribution in [0, 0.1) is 0 Å². The van der Waals surface area contributed by atoms with Gasteiger partial charge in [-0.25, -0.2) is 0 Å². The smallest absolute Gasteiger partial charge is 0.253 e. The van der Waals surface area contributed by atoms with Crippen molar-refractivity contribution in [3.8, 4) is 11.5 Å². The molecule has 5 nitrogen and oxygen atoms in total. The van der Waals surface area contributed by atoms with Crippen LogP contribution in [0.3, 0.4) is 0 Å². The SMILES string of the molecule is COc1cccc2c1OCC(C(=O)N1C[C@@H](N)[C@H](c3ccccc3)C1)=C2. The van der Waals surface area contributed by atoms with Gasteiger partial charge >= 0.3 is 0 Å². The zero-order chi connectivity index (χ0) is 18.1. The van der Waals surface area contributed by atoms with Gasteiger partial charge in [0.05, 0.1) is 12.7 Å². The standard InChI is InChI=1S/C21H22N2O3/c1-25-19-9-5-8-15-10-16(13-26-20(15)19)21(24)23-11-17(18(22)12-23)14-6-3-2-4-7-14/h2-10,17-18H,11-13,22H2,1H3/t17-,18+/m0/s1. The van der Waals surface area contributed by atoms with Crippen LogP contribution < -0.4 is 15.2 Å². The second-order valence-corrected chi connectivity index (χ2v) is 6.73. The number of carbonyl (C=O) groups is 1. The molecule has 2 aliphatic heterocycles. The molecule has 5 heteroatoms. The Balaban J connectivity index is 1.54. The summed E-state index contributed by atoms with van der Waals surface area (Å²) in [6.07, 6.45) is 1.89. The molecule has 2 heterocycles. The lowest BCUT2D eigenvalue weighted by Crippen LogP contribution is -2.34. The second kappa shape index (κ2) is 6.84. The maximum absolute atomic E-state index is 13.0. The average molecular weight is 350 g/mol. The predicted octanol–water partition coefficient (Wildman–Crippen LogP) is 2.42. The number of carbonyl (C=O) groups excluding carboxylic acids is 1. The van der Waals surface area contributed by atoms with E-state index < -0.39 is 0 Å². The number of rotatable bonds is 3. The molecule has 2 atom stereocenters. The van der Waals surface area contributed by atoms with Crippen molar-refractivity contribution in [2.75, 3.05) is 26.8 Å². The fourth-order valence-electron chi connectivity index (χ4n) is 3.72. The Kier molecular flexibility index (Phi) is 4.39. The first-order chi connectivity index (χ1) is 12.7. The Morgan fingerprint density at radius 1 is 1.15 bits per heavy atom. The average Bonchev–Trinajstić information content (AvgIpc) is 3.08. The van der Waals surface area contributed by atoms with Crippen molar-refractivity contribution in [1.82, 2.24) is 4.90 Å². The molecule has 0 aliphatic carbocycles. The van der Waals surface area contributed by atoms with E-state index in [4.69, 9.17) is 15.2 Å². The molecule has 0 bridgehead atoms. The summed E-state index contributed by atoms with van der Waals surface area (Å²) in [6.45, 7) is 1.43. The number of methoxy groups -OCH3 is 1. The summed E-state index contributed by atoms with van der Waals surface area (Å²) in [7, 11) is 1.61. The van der Waals surface area contributed by atoms with Crippen molar-refractivity contribution in [3.63, 3.8) is 0 Å². The third kappa shape index (κ3) is 2.95. The van der Waals surface area contributed by atoms with Crippen molar-refractivity contribution < 1.29 is 14.3 Å². The topological polar surface area (TPSA) is 64.8 Å². The van der Waals surface area contributed by atoms with Gasteiger partial charge in [-0.05, 0) is 17.7 Å². The van der Waals surface area contributed by atoms with Crippen molar-refractivity contribution >= 4 is 12.0 Å². The van der Waals surface area contributed by atoms with Gasteiger partial charge in [-0.1, -0.05) is 42.5 Å². The largest absolute Gasteiger partial charge is 0.493 e. The van der Waals surface area contributed by atoms with Crippen molar-refractivity contribution in [1.29, 1.82) is 0 Å². The summed E-state index contributed by atoms with van der Waals surface area (Å²) in [5, 5.41) is 0. The lowest BCUT2D eigenvalue weighted by molar-refractivity contribution is -0.126. The summed E-state index contributed by atoms with van der Waals surface area (Å²) in [4.78, 5) is 14.8. The van der Waals surface area contributed by atoms with Gasteiger partial charge in [-0.3, -0.25) is 4.79 Å². The molecule has 0 saturated carbocycles. The molecule has 1 amide bonds. The van der Waals surface area contributed by atoms with Crippen LogP contribution in [0.5, 0.6) is 11.5 Å². The molecule has 0 unspecified atom stereocenters. The van der Waals surface area contributed by atoms with Gasteiger partial charge in [0, 0.05) is 30.6 Å². The number of nitrogens with zero attached hydrogens (tertiary/aromatic N) is 1. The maximum atomic E-state index is 13.0. The minimum absolute atomic E-state index is 0.00708. The Bertz CT molecular complexity index is 848. The number of ether oxygens (including phenoxy) is 2. The van der Waals surface area contributed by atoms with E-state index in [0.717, 1.165) is 5.56 Å². The van der Waals surface area contributed by atoms with Crippen molar-refractivity contribution in [3.05, 3.63) is 65.2 Å². The highest BCUT2D eigenvalue weighted by molar-refractivity contribution is 5.99. The molecule has 2 aromatic rings. The number of likely N-dealkylation sites (tertiary alicyclic amines) is 1. The van der Waals surface area contributed by atoms with Crippen LogP contribution in [0.15, 0.2) is 54.1 Å². The Labute approximate surface area is 153 Å². The third-order valence-corrected chi connectivity index (χ3v) is 5.09. The van der Waals surface area contributed by atoms with Gasteiger partial charge in [0.15, 0.2) is 11.5 Å². The zero-order valence-electron chi connectivity index (χ0n) is 14.7. The van der Waals surface area contributed by atoms with E-state index in [1.165, 1.54) is 5.56 Å². The quantitative estimate of drug-likeness (QED) is 0.923. The summed E-state index contributed by atoms with van der Waals surface area (Å²) < 4.78 is 11.1. The van der Waals surface area contributed by atoms with Crippen LogP contribution in [-0.4, -0.2) is 43.7 Å². The maximum Gasteiger partial charge on any atom is 0.253 e. The number of fused-ring (bicyclic) bond motifs is 1. The lowest BCUT2D eigenvalue weighted by atomic mass is 9.95. The Morgan fingerprint density at radius 3 is 2.73 bits per heavy atom. The van der Waals surface area contributed by atoms with Gasteiger partial charge in [0.25, 0.3) is 5.91 Å². The second-order valence-electron chi connectivity index (χ2n) is 6.73. The monoisotopic (exact) mass is 350 g/mol. The van der Waals surface area contributed by atoms with Crippen LogP contribution in [-0.2, 0) is 4.79 Å². The number of para-hydroxylation sites is 1. The van der Waals surface area contributed by atoms with Gasteiger partial charge in [0.1, 0.15) is 6.61 Å². The molecule has 134 valence electrons. The third-order valence-electron chi connectivity index (χ3n) is 5.09. The minimum atomic E-state index is -0.0566. The van der Waals surface area contributed by atoms with E-state index in [-0.39, 0.29) is 24.5 Å². The molecule has 0 radical (unpaired) electrons. The first kappa shape index (κ1) is 16.7. The van der Waals surface area contributed by atoms with Crippen LogP contribution in [0.4, 0.5) is 0 Å². The van der Waals surface area contributed by atoms with Gasteiger partial charge in [-0.15, -0.1) is 0 Å². The summed E-state index contributed by atoms with van der Waals surface area (Å²) in [5.41, 5.74) is 9.01. The van der Waals surface area contributed by atoms with Gasteiger partial charge in [0.2, 0.25) is 0 Å². The summed E-state index contributed by atoms with van der Waals surface area (Å²) in [5.74, 6) is 1.52. The van der Waals surface area contributed by atoms with Crippen LogP contribution >= 0.6 is 0 Å². The highest BCUT2D eigenvalue weighted by Crippen LogP contribution is 2.36. The number of amides is 1. The van der Waals surface area contributed by atoms with E-state index in [1.54, 1.807) is 7.11 Å². The fourth-order valence-corrected chi connectivity index (χ4v) is 3.72. The first-order valence-corrected chi connectivity index (χ1v) is 8.77. The van der Waals surface area contributed by atoms with Crippen molar-refractivity contribution in [2.45, 2.75) is 12.0 Å². The summed E-state index contributed by atoms with van der Waals surface area (Å²) >= 11 is 0. The van der Waals surface area contributed by atoms with Crippen molar-refractivity contribution in [2.24, 2.45) is 5.73 Å². The zero-order valence-corrected chi connectivity index (χ0v) is 14.7. The first-order valence-electron chi connectivity index (χ1n) is 8.77. The number of nitrogens with two attached hydrogens (primary N) is 1. The van der Waals surface area contributed by atoms with E-state index in [2.05, 4.69) is 12.1 Å². The molecular formula is C21H22N2O3. The molecule has 0 aromatic heterocycles. The predicted molar refractivity (Wildman–Crippen MR) is 100 cm³/mol. The lowest BCUT2D eigenvalue weighted by Gasteiger charge is -2.23. The van der Waals surface area contributed by atoms with Crippen LogP contribution in [0.1, 0.15) is 17.0 Å². The van der Waals surface area contributed by atoms with E-state index in [9.17, 15) is 4.79 Å². The molecule has 1 fully saturated rings. The minimum Gasteiger partial charge on any atom is -0.493 e. The number of hydrogen-bond donors (Lipinski definition) is 1. The van der Waals surface area contributed by atoms with Crippen LogP contribution in [0.25, 0.3) is 6.08 Å².